The third-order valence-corrected chi connectivity index (χ3v) is 11.3. The zero-order valence-corrected chi connectivity index (χ0v) is 36.9. The molecule has 0 aliphatic heterocycles. The van der Waals surface area contributed by atoms with Crippen molar-refractivity contribution in [3.63, 3.8) is 0 Å². The fourth-order valence-electron chi connectivity index (χ4n) is 7.43. The van der Waals surface area contributed by atoms with E-state index in [4.69, 9.17) is 9.47 Å². The lowest BCUT2D eigenvalue weighted by molar-refractivity contribution is -0.154. The molecule has 0 amide bonds. The number of aliphatic hydroxyl groups is 1. The summed E-state index contributed by atoms with van der Waals surface area (Å²) in [4.78, 5) is 28.0. The Morgan fingerprint density at radius 3 is 1.55 bits per heavy atom. The number of hydrogen-bond donors (Lipinski definition) is 1. The van der Waals surface area contributed by atoms with Gasteiger partial charge in [-0.15, -0.1) is 0 Å². The SMILES string of the molecule is CCCCCCCCCOC(=O)C(C)(C)CCCCCCN(CCO)CCCCCC(C)(C)COC(=O)CC(CCCCCCC)CCCCCCC. The van der Waals surface area contributed by atoms with Gasteiger partial charge < -0.3 is 19.5 Å². The summed E-state index contributed by atoms with van der Waals surface area (Å²) in [5, 5.41) is 9.64. The first-order valence-corrected chi connectivity index (χ1v) is 23.2. The Bertz CT molecular complexity index is 814. The van der Waals surface area contributed by atoms with Crippen LogP contribution < -0.4 is 0 Å². The van der Waals surface area contributed by atoms with E-state index in [2.05, 4.69) is 39.5 Å². The molecule has 0 bridgehead atoms. The number of carbonyl (C=O) groups is 2. The van der Waals surface area contributed by atoms with Crippen molar-refractivity contribution in [1.29, 1.82) is 0 Å². The van der Waals surface area contributed by atoms with Crippen molar-refractivity contribution in [2.24, 2.45) is 16.7 Å². The fraction of sp³-hybridized carbons (Fsp3) is 0.957. The highest BCUT2D eigenvalue weighted by Gasteiger charge is 2.28. The first-order valence-electron chi connectivity index (χ1n) is 23.2. The van der Waals surface area contributed by atoms with Crippen LogP contribution in [0.5, 0.6) is 0 Å². The van der Waals surface area contributed by atoms with Gasteiger partial charge in [-0.05, 0) is 83.2 Å². The largest absolute Gasteiger partial charge is 0.465 e. The molecule has 316 valence electrons. The maximum Gasteiger partial charge on any atom is 0.311 e. The van der Waals surface area contributed by atoms with E-state index in [0.717, 1.165) is 90.3 Å². The van der Waals surface area contributed by atoms with Crippen LogP contribution in [0.3, 0.4) is 0 Å². The van der Waals surface area contributed by atoms with Crippen LogP contribution >= 0.6 is 0 Å². The van der Waals surface area contributed by atoms with E-state index < -0.39 is 5.41 Å². The topological polar surface area (TPSA) is 76.1 Å². The van der Waals surface area contributed by atoms with Crippen LogP contribution in [-0.2, 0) is 19.1 Å². The molecule has 1 N–H and O–H groups in total. The van der Waals surface area contributed by atoms with Crippen molar-refractivity contribution in [3.8, 4) is 0 Å². The van der Waals surface area contributed by atoms with Crippen LogP contribution in [-0.4, -0.2) is 61.4 Å². The number of aliphatic hydroxyl groups excluding tert-OH is 1. The van der Waals surface area contributed by atoms with Gasteiger partial charge >= 0.3 is 11.9 Å². The van der Waals surface area contributed by atoms with Gasteiger partial charge in [0.05, 0.1) is 25.2 Å². The molecule has 0 radical (unpaired) electrons. The monoisotopic (exact) mass is 752 g/mol. The molecular weight excluding hydrogens is 659 g/mol. The van der Waals surface area contributed by atoms with Crippen LogP contribution in [0.25, 0.3) is 0 Å². The molecule has 0 saturated heterocycles. The maximum atomic E-state index is 12.9. The predicted octanol–water partition coefficient (Wildman–Crippen LogP) is 13.4. The van der Waals surface area contributed by atoms with Crippen LogP contribution in [0.2, 0.25) is 0 Å². The fourth-order valence-corrected chi connectivity index (χ4v) is 7.43. The lowest BCUT2D eigenvalue weighted by Gasteiger charge is -2.25. The average Bonchev–Trinajstić information content (AvgIpc) is 3.12. The molecule has 0 spiro atoms. The van der Waals surface area contributed by atoms with E-state index in [9.17, 15) is 14.7 Å². The lowest BCUT2D eigenvalue weighted by atomic mass is 9.87. The summed E-state index contributed by atoms with van der Waals surface area (Å²) in [5.74, 6) is 0.436. The van der Waals surface area contributed by atoms with Gasteiger partial charge in [-0.3, -0.25) is 9.59 Å². The van der Waals surface area contributed by atoms with Gasteiger partial charge in [-0.1, -0.05) is 169 Å². The van der Waals surface area contributed by atoms with Gasteiger partial charge in [-0.2, -0.15) is 0 Å². The first kappa shape index (κ1) is 51.9. The summed E-state index contributed by atoms with van der Waals surface area (Å²) in [6, 6.07) is 0. The van der Waals surface area contributed by atoms with Crippen molar-refractivity contribution in [2.45, 2.75) is 235 Å². The Hall–Kier alpha value is -1.14. The summed E-state index contributed by atoms with van der Waals surface area (Å²) in [6.07, 6.45) is 34.2. The van der Waals surface area contributed by atoms with Crippen molar-refractivity contribution in [2.75, 3.05) is 39.5 Å². The molecule has 6 heteroatoms. The molecule has 0 unspecified atom stereocenters. The van der Waals surface area contributed by atoms with E-state index in [1.807, 2.05) is 13.8 Å². The molecule has 53 heavy (non-hydrogen) atoms. The number of esters is 2. The van der Waals surface area contributed by atoms with Gasteiger partial charge in [0.2, 0.25) is 0 Å². The number of carbonyl (C=O) groups excluding carboxylic acids is 2. The Labute approximate surface area is 331 Å². The molecule has 0 aliphatic carbocycles. The zero-order chi connectivity index (χ0) is 39.5. The van der Waals surface area contributed by atoms with Crippen LogP contribution in [0.15, 0.2) is 0 Å². The zero-order valence-electron chi connectivity index (χ0n) is 36.9. The van der Waals surface area contributed by atoms with E-state index in [-0.39, 0.29) is 24.0 Å². The van der Waals surface area contributed by atoms with Gasteiger partial charge in [0.15, 0.2) is 0 Å². The summed E-state index contributed by atoms with van der Waals surface area (Å²) < 4.78 is 11.5. The number of unbranched alkanes of at least 4 members (excludes halogenated alkanes) is 19. The normalized spacial score (nSPS) is 12.3. The van der Waals surface area contributed by atoms with Crippen molar-refractivity contribution in [1.82, 2.24) is 4.90 Å². The number of nitrogens with zero attached hydrogens (tertiary/aromatic N) is 1. The van der Waals surface area contributed by atoms with Gasteiger partial charge in [0.1, 0.15) is 0 Å². The highest BCUT2D eigenvalue weighted by molar-refractivity contribution is 5.75. The molecule has 0 aromatic carbocycles. The summed E-state index contributed by atoms with van der Waals surface area (Å²) in [5.41, 5.74) is -0.418. The third-order valence-electron chi connectivity index (χ3n) is 11.3. The van der Waals surface area contributed by atoms with Gasteiger partial charge in [0, 0.05) is 13.0 Å². The van der Waals surface area contributed by atoms with E-state index in [0.29, 0.717) is 25.6 Å². The molecule has 0 aliphatic rings. The van der Waals surface area contributed by atoms with E-state index >= 15 is 0 Å². The summed E-state index contributed by atoms with van der Waals surface area (Å²) in [7, 11) is 0. The van der Waals surface area contributed by atoms with Gasteiger partial charge in [-0.25, -0.2) is 0 Å². The van der Waals surface area contributed by atoms with Crippen molar-refractivity contribution < 1.29 is 24.2 Å². The Balaban J connectivity index is 4.25. The smallest absolute Gasteiger partial charge is 0.311 e. The second kappa shape index (κ2) is 35.3. The number of rotatable bonds is 40. The summed E-state index contributed by atoms with van der Waals surface area (Å²) in [6.45, 7) is 19.3. The van der Waals surface area contributed by atoms with Gasteiger partial charge in [0.25, 0.3) is 0 Å². The molecule has 0 rings (SSSR count). The highest BCUT2D eigenvalue weighted by Crippen LogP contribution is 2.28. The number of ether oxygens (including phenoxy) is 2. The minimum atomic E-state index is -0.413. The van der Waals surface area contributed by atoms with Crippen molar-refractivity contribution in [3.05, 3.63) is 0 Å². The Morgan fingerprint density at radius 1 is 0.547 bits per heavy atom. The Morgan fingerprint density at radius 2 is 1.00 bits per heavy atom. The molecule has 0 aromatic heterocycles. The average molecular weight is 752 g/mol. The lowest BCUT2D eigenvalue weighted by Crippen LogP contribution is -2.29. The molecular formula is C47H93NO5. The number of hydrogen-bond acceptors (Lipinski definition) is 6. The third kappa shape index (κ3) is 32.8. The minimum absolute atomic E-state index is 0.00476. The maximum absolute atomic E-state index is 12.9. The second-order valence-electron chi connectivity index (χ2n) is 18.0. The molecule has 0 heterocycles. The van der Waals surface area contributed by atoms with Crippen molar-refractivity contribution >= 4 is 11.9 Å². The van der Waals surface area contributed by atoms with E-state index in [1.165, 1.54) is 109 Å². The standard InChI is InChI=1S/C47H93NO5/c1-8-11-14-17-18-23-31-40-52-45(51)47(6,7)35-28-21-22-29-36-48(38-39-49)37-30-24-27-34-46(4,5)42-53-44(50)41-43(32-25-19-15-12-9-2)33-26-20-16-13-10-3/h43,49H,8-42H2,1-7H3. The minimum Gasteiger partial charge on any atom is -0.465 e. The quantitative estimate of drug-likeness (QED) is 0.0496. The van der Waals surface area contributed by atoms with E-state index in [1.54, 1.807) is 0 Å². The predicted molar refractivity (Wildman–Crippen MR) is 227 cm³/mol. The van der Waals surface area contributed by atoms with Crippen LogP contribution in [0.1, 0.15) is 235 Å². The molecule has 0 saturated carbocycles. The van der Waals surface area contributed by atoms with Crippen LogP contribution in [0, 0.1) is 16.7 Å². The highest BCUT2D eigenvalue weighted by atomic mass is 16.5. The molecule has 0 atom stereocenters. The second-order valence-corrected chi connectivity index (χ2v) is 18.0. The Kier molecular flexibility index (Phi) is 34.5. The first-order chi connectivity index (χ1) is 25.5. The van der Waals surface area contributed by atoms with Crippen LogP contribution in [0.4, 0.5) is 0 Å². The summed E-state index contributed by atoms with van der Waals surface area (Å²) >= 11 is 0. The molecule has 0 fully saturated rings. The molecule has 6 nitrogen and oxygen atoms in total. The molecule has 0 aromatic rings.